The molecule has 16 rings (SSSR count). The van der Waals surface area contributed by atoms with E-state index in [1.807, 2.05) is 0 Å². The van der Waals surface area contributed by atoms with Crippen molar-refractivity contribution in [1.29, 1.82) is 0 Å². The lowest BCUT2D eigenvalue weighted by Crippen LogP contribution is -2.26. The van der Waals surface area contributed by atoms with E-state index >= 15 is 0 Å². The first-order valence-electron chi connectivity index (χ1n) is 23.9. The number of rotatable bonds is 3. The van der Waals surface area contributed by atoms with Gasteiger partial charge in [0, 0.05) is 21.5 Å². The van der Waals surface area contributed by atoms with Gasteiger partial charge in [0.1, 0.15) is 22.3 Å². The normalized spacial score (nSPS) is 13.3. The first-order valence-corrected chi connectivity index (χ1v) is 23.9. The van der Waals surface area contributed by atoms with Crippen LogP contribution in [-0.2, 0) is 5.41 Å². The number of hydrogen-bond acceptors (Lipinski definition) is 2. The Bertz CT molecular complexity index is 4340. The molecule has 0 saturated heterocycles. The Morgan fingerprint density at radius 3 is 1.28 bits per heavy atom. The minimum Gasteiger partial charge on any atom is -0.456 e. The van der Waals surface area contributed by atoms with Crippen LogP contribution in [0, 0.1) is 0 Å². The van der Waals surface area contributed by atoms with Crippen molar-refractivity contribution in [3.05, 3.63) is 253 Å². The molecule has 1 spiro atoms. The molecule has 0 unspecified atom stereocenters. The van der Waals surface area contributed by atoms with Crippen molar-refractivity contribution in [2.24, 2.45) is 0 Å². The summed E-state index contributed by atoms with van der Waals surface area (Å²) in [5.41, 5.74) is 20.6. The van der Waals surface area contributed by atoms with Crippen molar-refractivity contribution in [3.63, 3.8) is 0 Å². The van der Waals surface area contributed by atoms with Gasteiger partial charge in [-0.05, 0) is 141 Å². The van der Waals surface area contributed by atoms with E-state index in [9.17, 15) is 0 Å². The highest BCUT2D eigenvalue weighted by Crippen LogP contribution is 2.66. The molecule has 0 atom stereocenters. The Morgan fingerprint density at radius 1 is 0.246 bits per heavy atom. The fraction of sp³-hybridized carbons (Fsp3) is 0.0149. The third-order valence-electron chi connectivity index (χ3n) is 15.7. The summed E-state index contributed by atoms with van der Waals surface area (Å²) < 4.78 is 13.1. The monoisotopic (exact) mass is 874 g/mol. The Balaban J connectivity index is 1.10. The molecular weight excluding hydrogens is 837 g/mol. The molecule has 2 aliphatic carbocycles. The zero-order valence-electron chi connectivity index (χ0n) is 37.3. The van der Waals surface area contributed by atoms with Crippen molar-refractivity contribution in [2.45, 2.75) is 5.41 Å². The minimum atomic E-state index is -0.579. The molecule has 0 aliphatic heterocycles. The first kappa shape index (κ1) is 37.1. The van der Waals surface area contributed by atoms with E-state index in [2.05, 4.69) is 231 Å². The van der Waals surface area contributed by atoms with Gasteiger partial charge in [-0.25, -0.2) is 0 Å². The number of furan rings is 2. The molecule has 14 aromatic rings. The maximum absolute atomic E-state index is 6.55. The van der Waals surface area contributed by atoms with Crippen LogP contribution in [0.15, 0.2) is 239 Å². The smallest absolute Gasteiger partial charge is 0.136 e. The van der Waals surface area contributed by atoms with Crippen LogP contribution in [0.5, 0.6) is 0 Å². The topological polar surface area (TPSA) is 26.3 Å². The first-order chi connectivity index (χ1) is 34.3. The predicted octanol–water partition coefficient (Wildman–Crippen LogP) is 18.3. The molecule has 0 bridgehead atoms. The fourth-order valence-corrected chi connectivity index (χ4v) is 13.1. The molecule has 0 saturated carbocycles. The second-order valence-electron chi connectivity index (χ2n) is 18.9. The Kier molecular flexibility index (Phi) is 7.30. The van der Waals surface area contributed by atoms with Gasteiger partial charge in [-0.3, -0.25) is 0 Å². The maximum atomic E-state index is 6.55. The third kappa shape index (κ3) is 4.75. The number of benzene rings is 12. The second kappa shape index (κ2) is 13.6. The molecule has 2 nitrogen and oxygen atoms in total. The van der Waals surface area contributed by atoms with Crippen LogP contribution in [-0.4, -0.2) is 0 Å². The van der Waals surface area contributed by atoms with E-state index in [0.717, 1.165) is 55.0 Å². The van der Waals surface area contributed by atoms with E-state index in [1.165, 1.54) is 99.1 Å². The second-order valence-corrected chi connectivity index (χ2v) is 18.9. The van der Waals surface area contributed by atoms with Crippen LogP contribution in [0.25, 0.3) is 132 Å². The number of para-hydroxylation sites is 2. The zero-order chi connectivity index (χ0) is 45.0. The molecule has 2 aromatic heterocycles. The van der Waals surface area contributed by atoms with Crippen LogP contribution in [0.1, 0.15) is 22.3 Å². The third-order valence-corrected chi connectivity index (χ3v) is 15.7. The van der Waals surface area contributed by atoms with Crippen molar-refractivity contribution >= 4 is 76.2 Å². The molecule has 2 heteroatoms. The predicted molar refractivity (Wildman–Crippen MR) is 286 cm³/mol. The summed E-state index contributed by atoms with van der Waals surface area (Å²) in [4.78, 5) is 0. The van der Waals surface area contributed by atoms with E-state index in [4.69, 9.17) is 8.83 Å². The average molecular weight is 875 g/mol. The van der Waals surface area contributed by atoms with Crippen LogP contribution in [0.2, 0.25) is 0 Å². The molecule has 69 heavy (non-hydrogen) atoms. The standard InChI is InChI=1S/C67H38O2/c1-2-17-40-39(16-1)36-37-57-63(40)52-29-13-28-51(66(52)67(57)55-30-7-3-18-43(55)44-19-4-8-31-56(44)67)62-47-24-11-22-41(45-26-14-34-60-64(45)49-20-5-9-32-58(49)68-60)53(47)38-54-42(23-12-25-48(54)62)46-27-15-35-61-65(46)50-21-6-10-33-59(50)69-61/h1-38H. The van der Waals surface area contributed by atoms with Gasteiger partial charge in [0.2, 0.25) is 0 Å². The van der Waals surface area contributed by atoms with E-state index in [-0.39, 0.29) is 0 Å². The van der Waals surface area contributed by atoms with Crippen LogP contribution >= 0.6 is 0 Å². The Hall–Kier alpha value is -8.98. The summed E-state index contributed by atoms with van der Waals surface area (Å²) in [6, 6.07) is 85.4. The summed E-state index contributed by atoms with van der Waals surface area (Å²) in [6.07, 6.45) is 0. The molecule has 0 radical (unpaired) electrons. The molecule has 0 fully saturated rings. The van der Waals surface area contributed by atoms with Crippen molar-refractivity contribution in [3.8, 4) is 55.6 Å². The SMILES string of the molecule is c1ccc2c(c1)-c1ccccc1C21c2ccc3ccccc3c2-c2cccc(-c3c4cccc(-c5cccc6oc7ccccc7c56)c4cc4c(-c5cccc6oc7ccccc7c56)cccc34)c21. The lowest BCUT2D eigenvalue weighted by Gasteiger charge is -2.33. The van der Waals surface area contributed by atoms with Crippen LogP contribution < -0.4 is 0 Å². The highest BCUT2D eigenvalue weighted by atomic mass is 16.3. The highest BCUT2D eigenvalue weighted by Gasteiger charge is 2.53. The molecule has 2 heterocycles. The molecular formula is C67H38O2. The van der Waals surface area contributed by atoms with Gasteiger partial charge in [0.25, 0.3) is 0 Å². The molecule has 2 aliphatic rings. The lowest BCUT2D eigenvalue weighted by molar-refractivity contribution is 0.668. The van der Waals surface area contributed by atoms with E-state index in [1.54, 1.807) is 0 Å². The molecule has 0 N–H and O–H groups in total. The van der Waals surface area contributed by atoms with Crippen molar-refractivity contribution < 1.29 is 8.83 Å². The van der Waals surface area contributed by atoms with Crippen molar-refractivity contribution in [1.82, 2.24) is 0 Å². The van der Waals surface area contributed by atoms with Gasteiger partial charge in [-0.1, -0.05) is 200 Å². The molecule has 318 valence electrons. The summed E-state index contributed by atoms with van der Waals surface area (Å²) in [5.74, 6) is 0. The minimum absolute atomic E-state index is 0.579. The van der Waals surface area contributed by atoms with Gasteiger partial charge in [-0.2, -0.15) is 0 Å². The van der Waals surface area contributed by atoms with Crippen LogP contribution in [0.3, 0.4) is 0 Å². The van der Waals surface area contributed by atoms with Gasteiger partial charge in [-0.15, -0.1) is 0 Å². The van der Waals surface area contributed by atoms with Gasteiger partial charge < -0.3 is 8.83 Å². The van der Waals surface area contributed by atoms with Gasteiger partial charge >= 0.3 is 0 Å². The fourth-order valence-electron chi connectivity index (χ4n) is 13.1. The number of hydrogen-bond donors (Lipinski definition) is 0. The van der Waals surface area contributed by atoms with Gasteiger partial charge in [0.05, 0.1) is 5.41 Å². The Labute approximate surface area is 396 Å². The summed E-state index contributed by atoms with van der Waals surface area (Å²) in [5, 5.41) is 11.8. The average Bonchev–Trinajstić information content (AvgIpc) is 4.15. The molecule has 12 aromatic carbocycles. The number of fused-ring (bicyclic) bond motifs is 20. The van der Waals surface area contributed by atoms with Crippen LogP contribution in [0.4, 0.5) is 0 Å². The van der Waals surface area contributed by atoms with Crippen molar-refractivity contribution in [2.75, 3.05) is 0 Å². The Morgan fingerprint density at radius 2 is 0.667 bits per heavy atom. The quantitative estimate of drug-likeness (QED) is 0.165. The van der Waals surface area contributed by atoms with Gasteiger partial charge in [0.15, 0.2) is 0 Å². The summed E-state index contributed by atoms with van der Waals surface area (Å²) >= 11 is 0. The van der Waals surface area contributed by atoms with E-state index in [0.29, 0.717) is 0 Å². The highest BCUT2D eigenvalue weighted by molar-refractivity contribution is 6.24. The summed E-state index contributed by atoms with van der Waals surface area (Å²) in [6.45, 7) is 0. The van der Waals surface area contributed by atoms with E-state index < -0.39 is 5.41 Å². The lowest BCUT2D eigenvalue weighted by atomic mass is 9.68. The zero-order valence-corrected chi connectivity index (χ0v) is 37.3. The largest absolute Gasteiger partial charge is 0.456 e. The maximum Gasteiger partial charge on any atom is 0.136 e. The molecule has 0 amide bonds. The summed E-state index contributed by atoms with van der Waals surface area (Å²) in [7, 11) is 0.